The predicted octanol–water partition coefficient (Wildman–Crippen LogP) is 6.03. The summed E-state index contributed by atoms with van der Waals surface area (Å²) >= 11 is 4.25. The number of hydrogen-bond donors (Lipinski definition) is 0. The van der Waals surface area contributed by atoms with E-state index in [4.69, 9.17) is 4.43 Å². The molecule has 1 nitrogen and oxygen atoms in total. The molecule has 3 atom stereocenters. The van der Waals surface area contributed by atoms with Crippen LogP contribution in [0.3, 0.4) is 0 Å². The smallest absolute Gasteiger partial charge is 0.192 e. The van der Waals surface area contributed by atoms with Gasteiger partial charge in [0.1, 0.15) is 0 Å². The van der Waals surface area contributed by atoms with Crippen LogP contribution in [0.4, 0.5) is 0 Å². The second-order valence-electron chi connectivity index (χ2n) is 7.76. The minimum absolute atomic E-state index is 0.263. The largest absolute Gasteiger partial charge is 0.413 e. The molecular formula is C17H34OS2Si. The molecule has 0 bridgehead atoms. The molecule has 0 aromatic rings. The quantitative estimate of drug-likeness (QED) is 0.429. The Morgan fingerprint density at radius 1 is 1.19 bits per heavy atom. The lowest BCUT2D eigenvalue weighted by Gasteiger charge is -2.44. The van der Waals surface area contributed by atoms with Gasteiger partial charge in [-0.15, -0.1) is 30.1 Å². The van der Waals surface area contributed by atoms with Crippen molar-refractivity contribution in [2.75, 3.05) is 11.5 Å². The van der Waals surface area contributed by atoms with Crippen LogP contribution in [0.25, 0.3) is 0 Å². The second kappa shape index (κ2) is 7.94. The average molecular weight is 347 g/mol. The van der Waals surface area contributed by atoms with Gasteiger partial charge in [-0.1, -0.05) is 40.7 Å². The van der Waals surface area contributed by atoms with E-state index in [1.807, 2.05) is 0 Å². The van der Waals surface area contributed by atoms with E-state index in [0.717, 1.165) is 0 Å². The standard InChI is InChI=1S/C17H34OS2Si/c1-9-13(2)15(18-21(7,8)17(4,5)6)14(3)16-19-11-10-12-20-16/h9,13-16H,1,10-12H2,2-8H3/t13-,14+,15-/m1/s1. The van der Waals surface area contributed by atoms with E-state index in [2.05, 4.69) is 83.9 Å². The highest BCUT2D eigenvalue weighted by molar-refractivity contribution is 8.17. The van der Waals surface area contributed by atoms with Gasteiger partial charge in [0.05, 0.1) is 10.7 Å². The van der Waals surface area contributed by atoms with E-state index in [9.17, 15) is 0 Å². The molecule has 0 amide bonds. The fourth-order valence-electron chi connectivity index (χ4n) is 2.31. The van der Waals surface area contributed by atoms with Crippen LogP contribution >= 0.6 is 23.5 Å². The summed E-state index contributed by atoms with van der Waals surface area (Å²) in [6.45, 7) is 20.4. The fraction of sp³-hybridized carbons (Fsp3) is 0.882. The van der Waals surface area contributed by atoms with Crippen LogP contribution in [-0.2, 0) is 4.43 Å². The summed E-state index contributed by atoms with van der Waals surface area (Å²) in [5.74, 6) is 3.59. The fourth-order valence-corrected chi connectivity index (χ4v) is 6.92. The molecule has 0 N–H and O–H groups in total. The third-order valence-corrected chi connectivity index (χ3v) is 12.8. The molecule has 21 heavy (non-hydrogen) atoms. The van der Waals surface area contributed by atoms with E-state index < -0.39 is 8.32 Å². The topological polar surface area (TPSA) is 9.23 Å². The summed E-state index contributed by atoms with van der Waals surface area (Å²) in [5.41, 5.74) is 0. The minimum atomic E-state index is -1.74. The van der Waals surface area contributed by atoms with Gasteiger partial charge in [-0.05, 0) is 42.0 Å². The Labute approximate surface area is 142 Å². The average Bonchev–Trinajstić information content (AvgIpc) is 2.43. The van der Waals surface area contributed by atoms with Crippen LogP contribution in [0.15, 0.2) is 12.7 Å². The molecule has 1 heterocycles. The first kappa shape index (κ1) is 19.7. The molecule has 0 unspecified atom stereocenters. The summed E-state index contributed by atoms with van der Waals surface area (Å²) < 4.78 is 7.49. The molecule has 1 aliphatic rings. The van der Waals surface area contributed by atoms with Gasteiger partial charge < -0.3 is 4.43 Å². The van der Waals surface area contributed by atoms with Crippen LogP contribution in [-0.4, -0.2) is 30.5 Å². The lowest BCUT2D eigenvalue weighted by molar-refractivity contribution is 0.0995. The molecule has 0 radical (unpaired) electrons. The highest BCUT2D eigenvalue weighted by atomic mass is 32.2. The summed E-state index contributed by atoms with van der Waals surface area (Å²) in [7, 11) is -1.74. The van der Waals surface area contributed by atoms with E-state index in [-0.39, 0.29) is 5.04 Å². The SMILES string of the molecule is C=C[C@@H](C)[C@@H](O[Si](C)(C)C(C)(C)C)[C@H](C)C1SCCCS1. The van der Waals surface area contributed by atoms with Gasteiger partial charge in [0.2, 0.25) is 0 Å². The number of hydrogen-bond acceptors (Lipinski definition) is 3. The summed E-state index contributed by atoms with van der Waals surface area (Å²) in [4.78, 5) is 0. The zero-order chi connectivity index (χ0) is 16.3. The molecule has 0 spiro atoms. The van der Waals surface area contributed by atoms with Crippen molar-refractivity contribution in [3.63, 3.8) is 0 Å². The van der Waals surface area contributed by atoms with Crippen LogP contribution in [0.5, 0.6) is 0 Å². The van der Waals surface area contributed by atoms with Gasteiger partial charge in [0, 0.05) is 5.92 Å². The maximum Gasteiger partial charge on any atom is 0.192 e. The van der Waals surface area contributed by atoms with Crippen molar-refractivity contribution in [1.29, 1.82) is 0 Å². The molecular weight excluding hydrogens is 312 g/mol. The van der Waals surface area contributed by atoms with Crippen molar-refractivity contribution in [3.05, 3.63) is 12.7 Å². The maximum atomic E-state index is 6.81. The first-order valence-electron chi connectivity index (χ1n) is 8.13. The Bertz CT molecular complexity index is 332. The van der Waals surface area contributed by atoms with Crippen molar-refractivity contribution >= 4 is 31.8 Å². The second-order valence-corrected chi connectivity index (χ2v) is 15.3. The molecule has 0 aromatic carbocycles. The van der Waals surface area contributed by atoms with Crippen LogP contribution in [0.2, 0.25) is 18.1 Å². The lowest BCUT2D eigenvalue weighted by Crippen LogP contribution is -2.48. The first-order chi connectivity index (χ1) is 9.60. The molecule has 124 valence electrons. The highest BCUT2D eigenvalue weighted by Crippen LogP contribution is 2.43. The van der Waals surface area contributed by atoms with Crippen molar-refractivity contribution in [3.8, 4) is 0 Å². The maximum absolute atomic E-state index is 6.81. The Balaban J connectivity index is 2.87. The Hall–Kier alpha value is 0.617. The van der Waals surface area contributed by atoms with Gasteiger partial charge in [-0.3, -0.25) is 0 Å². The molecule has 1 aliphatic heterocycles. The Morgan fingerprint density at radius 2 is 1.71 bits per heavy atom. The Kier molecular flexibility index (Phi) is 7.43. The van der Waals surface area contributed by atoms with Crippen molar-refractivity contribution in [2.24, 2.45) is 11.8 Å². The summed E-state index contributed by atoms with van der Waals surface area (Å²) in [5, 5.41) is 0.263. The molecule has 1 rings (SSSR count). The van der Waals surface area contributed by atoms with E-state index in [1.165, 1.54) is 17.9 Å². The van der Waals surface area contributed by atoms with Crippen molar-refractivity contribution in [1.82, 2.24) is 0 Å². The minimum Gasteiger partial charge on any atom is -0.413 e. The molecule has 4 heteroatoms. The third-order valence-electron chi connectivity index (χ3n) is 4.93. The van der Waals surface area contributed by atoms with Gasteiger partial charge in [-0.25, -0.2) is 0 Å². The summed E-state index contributed by atoms with van der Waals surface area (Å²) in [6, 6.07) is 0. The molecule has 0 saturated carbocycles. The summed E-state index contributed by atoms with van der Waals surface area (Å²) in [6.07, 6.45) is 3.72. The molecule has 0 aromatic heterocycles. The Morgan fingerprint density at radius 3 is 2.14 bits per heavy atom. The number of thioether (sulfide) groups is 2. The van der Waals surface area contributed by atoms with Crippen LogP contribution < -0.4 is 0 Å². The van der Waals surface area contributed by atoms with Gasteiger partial charge in [0.25, 0.3) is 0 Å². The lowest BCUT2D eigenvalue weighted by atomic mass is 9.95. The van der Waals surface area contributed by atoms with E-state index in [1.54, 1.807) is 0 Å². The first-order valence-corrected chi connectivity index (χ1v) is 13.1. The van der Waals surface area contributed by atoms with E-state index in [0.29, 0.717) is 22.5 Å². The molecule has 1 saturated heterocycles. The van der Waals surface area contributed by atoms with E-state index >= 15 is 0 Å². The normalized spacial score (nSPS) is 22.6. The molecule has 1 fully saturated rings. The van der Waals surface area contributed by atoms with Crippen molar-refractivity contribution < 1.29 is 4.43 Å². The van der Waals surface area contributed by atoms with Crippen LogP contribution in [0.1, 0.15) is 41.0 Å². The zero-order valence-corrected chi connectivity index (χ0v) is 17.6. The van der Waals surface area contributed by atoms with Crippen molar-refractivity contribution in [2.45, 2.75) is 69.9 Å². The predicted molar refractivity (Wildman–Crippen MR) is 104 cm³/mol. The number of rotatable bonds is 6. The van der Waals surface area contributed by atoms with Gasteiger partial charge >= 0.3 is 0 Å². The molecule has 0 aliphatic carbocycles. The zero-order valence-electron chi connectivity index (χ0n) is 14.9. The van der Waals surface area contributed by atoms with Crippen LogP contribution in [0, 0.1) is 11.8 Å². The monoisotopic (exact) mass is 346 g/mol. The van der Waals surface area contributed by atoms with Gasteiger partial charge in [0.15, 0.2) is 8.32 Å². The highest BCUT2D eigenvalue weighted by Gasteiger charge is 2.42. The third kappa shape index (κ3) is 5.33. The van der Waals surface area contributed by atoms with Gasteiger partial charge in [-0.2, -0.15) is 0 Å².